The summed E-state index contributed by atoms with van der Waals surface area (Å²) >= 11 is 0. The summed E-state index contributed by atoms with van der Waals surface area (Å²) in [6.45, 7) is 0.566. The molecule has 2 amide bonds. The Bertz CT molecular complexity index is 832. The van der Waals surface area contributed by atoms with Crippen LogP contribution < -0.4 is 0 Å². The second-order valence-corrected chi connectivity index (χ2v) is 8.48. The first-order valence-electron chi connectivity index (χ1n) is 10.3. The van der Waals surface area contributed by atoms with E-state index in [9.17, 15) is 9.59 Å². The number of carbonyl (C=O) groups is 2. The second kappa shape index (κ2) is 8.01. The number of ether oxygens (including phenoxy) is 2. The minimum absolute atomic E-state index is 0.0265. The van der Waals surface area contributed by atoms with Gasteiger partial charge in [0.25, 0.3) is 0 Å². The second-order valence-electron chi connectivity index (χ2n) is 8.48. The summed E-state index contributed by atoms with van der Waals surface area (Å²) in [7, 11) is 6.71. The molecule has 0 saturated carbocycles. The third kappa shape index (κ3) is 3.40. The van der Waals surface area contributed by atoms with Crippen LogP contribution in [0.4, 0.5) is 9.59 Å². The van der Waals surface area contributed by atoms with Gasteiger partial charge < -0.3 is 19.3 Å². The Kier molecular flexibility index (Phi) is 5.41. The summed E-state index contributed by atoms with van der Waals surface area (Å²) in [6, 6.07) is 16.9. The Hall–Kier alpha value is -3.02. The maximum atomic E-state index is 12.2. The van der Waals surface area contributed by atoms with Crippen molar-refractivity contribution in [3.63, 3.8) is 0 Å². The number of hydrogen-bond donors (Lipinski definition) is 0. The van der Waals surface area contributed by atoms with E-state index in [-0.39, 0.29) is 49.1 Å². The van der Waals surface area contributed by atoms with Crippen LogP contribution >= 0.6 is 0 Å². The predicted molar refractivity (Wildman–Crippen MR) is 114 cm³/mol. The smallest absolute Gasteiger partial charge is 0.409 e. The summed E-state index contributed by atoms with van der Waals surface area (Å²) < 4.78 is 11.3. The molecule has 5 rings (SSSR count). The van der Waals surface area contributed by atoms with E-state index in [4.69, 9.17) is 9.47 Å². The molecule has 6 heteroatoms. The molecular weight excluding hydrogens is 380 g/mol. The Morgan fingerprint density at radius 2 is 0.967 bits per heavy atom. The normalized spacial score (nSPS) is 23.2. The Morgan fingerprint density at radius 3 is 1.23 bits per heavy atom. The first-order valence-corrected chi connectivity index (χ1v) is 10.3. The van der Waals surface area contributed by atoms with E-state index in [1.807, 2.05) is 0 Å². The monoisotopic (exact) mass is 408 g/mol. The van der Waals surface area contributed by atoms with Gasteiger partial charge in [0.15, 0.2) is 0 Å². The van der Waals surface area contributed by atoms with Crippen molar-refractivity contribution in [2.45, 2.75) is 11.8 Å². The maximum Gasteiger partial charge on any atom is 0.409 e. The standard InChI is InChI=1S/C24H28N2O4/c1-25(2)23(27)29-13-19-20(14-30-24(28)26(3)4)22-17-11-7-5-9-15(17)21(19)16-10-6-8-12-18(16)22/h5-12,19-22H,13-14H2,1-4H3/t19-,20-,21?,22?/m1/s1. The number of amides is 2. The van der Waals surface area contributed by atoms with Crippen LogP contribution in [0.25, 0.3) is 0 Å². The fraction of sp³-hybridized carbons (Fsp3) is 0.417. The molecule has 2 aromatic rings. The molecule has 0 aliphatic heterocycles. The zero-order valence-electron chi connectivity index (χ0n) is 17.9. The van der Waals surface area contributed by atoms with E-state index >= 15 is 0 Å². The molecule has 0 fully saturated rings. The van der Waals surface area contributed by atoms with Gasteiger partial charge in [-0.15, -0.1) is 0 Å². The van der Waals surface area contributed by atoms with Crippen molar-refractivity contribution in [3.05, 3.63) is 70.8 Å². The van der Waals surface area contributed by atoms with Gasteiger partial charge in [0.2, 0.25) is 0 Å². The molecule has 6 nitrogen and oxygen atoms in total. The largest absolute Gasteiger partial charge is 0.449 e. The maximum absolute atomic E-state index is 12.2. The Balaban J connectivity index is 1.74. The molecule has 0 spiro atoms. The zero-order valence-corrected chi connectivity index (χ0v) is 17.9. The molecule has 3 aliphatic carbocycles. The average molecular weight is 408 g/mol. The van der Waals surface area contributed by atoms with E-state index in [0.29, 0.717) is 0 Å². The van der Waals surface area contributed by atoms with Crippen LogP contribution in [0.3, 0.4) is 0 Å². The molecule has 0 aromatic heterocycles. The molecule has 0 unspecified atom stereocenters. The molecule has 0 saturated heterocycles. The van der Waals surface area contributed by atoms with Gasteiger partial charge in [-0.2, -0.15) is 0 Å². The van der Waals surface area contributed by atoms with Gasteiger partial charge in [-0.05, 0) is 22.3 Å². The fourth-order valence-electron chi connectivity index (χ4n) is 4.94. The number of fused-ring (bicyclic) bond motifs is 1. The van der Waals surface area contributed by atoms with E-state index in [0.717, 1.165) is 0 Å². The van der Waals surface area contributed by atoms with Gasteiger partial charge in [-0.1, -0.05) is 48.5 Å². The minimum atomic E-state index is -0.359. The lowest BCUT2D eigenvalue weighted by Crippen LogP contribution is -2.45. The van der Waals surface area contributed by atoms with Crippen LogP contribution in [-0.2, 0) is 9.47 Å². The van der Waals surface area contributed by atoms with Gasteiger partial charge in [-0.3, -0.25) is 0 Å². The molecule has 2 aromatic carbocycles. The highest BCUT2D eigenvalue weighted by Gasteiger charge is 2.50. The summed E-state index contributed by atoms with van der Waals surface area (Å²) in [6.07, 6.45) is -0.718. The van der Waals surface area contributed by atoms with Crippen LogP contribution in [0.5, 0.6) is 0 Å². The van der Waals surface area contributed by atoms with Crippen molar-refractivity contribution in [1.29, 1.82) is 0 Å². The Labute approximate surface area is 177 Å². The number of carbonyl (C=O) groups excluding carboxylic acids is 2. The van der Waals surface area contributed by atoms with E-state index in [1.54, 1.807) is 28.2 Å². The molecule has 2 atom stereocenters. The van der Waals surface area contributed by atoms with Crippen LogP contribution in [0.2, 0.25) is 0 Å². The number of nitrogens with zero attached hydrogens (tertiary/aromatic N) is 2. The van der Waals surface area contributed by atoms with Crippen molar-refractivity contribution >= 4 is 12.2 Å². The van der Waals surface area contributed by atoms with Crippen molar-refractivity contribution in [3.8, 4) is 0 Å². The fourth-order valence-corrected chi connectivity index (χ4v) is 4.94. The first kappa shape index (κ1) is 20.3. The van der Waals surface area contributed by atoms with Crippen molar-refractivity contribution < 1.29 is 19.1 Å². The SMILES string of the molecule is CN(C)C(=O)OC[C@H]1C2c3ccccc3C(c3ccccc32)[C@@H]1COC(=O)N(C)C. The highest BCUT2D eigenvalue weighted by atomic mass is 16.6. The zero-order chi connectivity index (χ0) is 21.4. The summed E-state index contributed by atoms with van der Waals surface area (Å²) in [4.78, 5) is 27.2. The van der Waals surface area contributed by atoms with E-state index in [1.165, 1.54) is 32.1 Å². The molecule has 3 aliphatic rings. The van der Waals surface area contributed by atoms with Gasteiger partial charge in [-0.25, -0.2) is 9.59 Å². The molecule has 0 heterocycles. The van der Waals surface area contributed by atoms with E-state index in [2.05, 4.69) is 48.5 Å². The van der Waals surface area contributed by atoms with Gasteiger partial charge in [0.1, 0.15) is 0 Å². The van der Waals surface area contributed by atoms with Crippen LogP contribution in [-0.4, -0.2) is 63.4 Å². The van der Waals surface area contributed by atoms with Crippen LogP contribution in [0.15, 0.2) is 48.5 Å². The van der Waals surface area contributed by atoms with Crippen LogP contribution in [0, 0.1) is 11.8 Å². The minimum Gasteiger partial charge on any atom is -0.449 e. The van der Waals surface area contributed by atoms with E-state index < -0.39 is 0 Å². The summed E-state index contributed by atoms with van der Waals surface area (Å²) in [5.41, 5.74) is 5.12. The molecule has 158 valence electrons. The lowest BCUT2D eigenvalue weighted by Gasteiger charge is -2.50. The summed E-state index contributed by atoms with van der Waals surface area (Å²) in [5, 5.41) is 0. The highest BCUT2D eigenvalue weighted by Crippen LogP contribution is 2.58. The van der Waals surface area contributed by atoms with Crippen molar-refractivity contribution in [2.24, 2.45) is 11.8 Å². The number of rotatable bonds is 4. The highest BCUT2D eigenvalue weighted by molar-refractivity contribution is 5.67. The third-order valence-electron chi connectivity index (χ3n) is 6.27. The molecule has 30 heavy (non-hydrogen) atoms. The lowest BCUT2D eigenvalue weighted by molar-refractivity contribution is 0.0361. The van der Waals surface area contributed by atoms with Gasteiger partial charge >= 0.3 is 12.2 Å². The molecule has 0 radical (unpaired) electrons. The van der Waals surface area contributed by atoms with Crippen LogP contribution in [0.1, 0.15) is 34.1 Å². The van der Waals surface area contributed by atoms with Crippen molar-refractivity contribution in [2.75, 3.05) is 41.4 Å². The third-order valence-corrected chi connectivity index (χ3v) is 6.27. The quantitative estimate of drug-likeness (QED) is 0.770. The lowest BCUT2D eigenvalue weighted by atomic mass is 9.54. The molecule has 0 N–H and O–H groups in total. The average Bonchev–Trinajstić information content (AvgIpc) is 2.75. The summed E-state index contributed by atoms with van der Waals surface area (Å²) in [5.74, 6) is 0.248. The van der Waals surface area contributed by atoms with Crippen molar-refractivity contribution in [1.82, 2.24) is 9.80 Å². The first-order chi connectivity index (χ1) is 14.4. The Morgan fingerprint density at radius 1 is 0.667 bits per heavy atom. The number of benzene rings is 2. The van der Waals surface area contributed by atoms with Gasteiger partial charge in [0, 0.05) is 51.9 Å². The molecule has 2 bridgehead atoms. The topological polar surface area (TPSA) is 59.1 Å². The predicted octanol–water partition coefficient (Wildman–Crippen LogP) is 3.91. The molecular formula is C24H28N2O4. The van der Waals surface area contributed by atoms with Gasteiger partial charge in [0.05, 0.1) is 13.2 Å². The number of hydrogen-bond acceptors (Lipinski definition) is 4.